The Hall–Kier alpha value is -1.39. The first-order valence-electron chi connectivity index (χ1n) is 7.29. The highest BCUT2D eigenvalue weighted by Gasteiger charge is 2.23. The van der Waals surface area contributed by atoms with Crippen molar-refractivity contribution in [2.24, 2.45) is 0 Å². The molecule has 1 aliphatic rings. The number of rotatable bonds is 4. The number of thiazole rings is 1. The summed E-state index contributed by atoms with van der Waals surface area (Å²) >= 11 is 1.61. The van der Waals surface area contributed by atoms with Gasteiger partial charge in [-0.15, -0.1) is 11.3 Å². The van der Waals surface area contributed by atoms with Crippen molar-refractivity contribution in [1.29, 1.82) is 0 Å². The third-order valence-corrected chi connectivity index (χ3v) is 4.80. The molecular formula is C16H21N3S. The molecule has 106 valence electrons. The molecule has 1 unspecified atom stereocenters. The Morgan fingerprint density at radius 2 is 2.10 bits per heavy atom. The van der Waals surface area contributed by atoms with Gasteiger partial charge in [-0.25, -0.2) is 4.98 Å². The number of nitrogens with two attached hydrogens (primary N) is 1. The fourth-order valence-electron chi connectivity index (χ4n) is 2.98. The first-order valence-corrected chi connectivity index (χ1v) is 8.11. The number of benzene rings is 1. The molecule has 2 N–H and O–H groups in total. The summed E-state index contributed by atoms with van der Waals surface area (Å²) in [6.45, 7) is 2.18. The summed E-state index contributed by atoms with van der Waals surface area (Å²) in [7, 11) is 0. The van der Waals surface area contributed by atoms with Gasteiger partial charge in [0.15, 0.2) is 5.13 Å². The number of hydrogen-bond acceptors (Lipinski definition) is 4. The van der Waals surface area contributed by atoms with Crippen LogP contribution in [-0.4, -0.2) is 22.5 Å². The highest BCUT2D eigenvalue weighted by atomic mass is 32.1. The Balaban J connectivity index is 1.67. The van der Waals surface area contributed by atoms with E-state index in [9.17, 15) is 0 Å². The molecular weight excluding hydrogens is 266 g/mol. The zero-order chi connectivity index (χ0) is 13.8. The molecule has 2 aromatic rings. The third-order valence-electron chi connectivity index (χ3n) is 3.99. The van der Waals surface area contributed by atoms with E-state index in [0.29, 0.717) is 11.2 Å². The zero-order valence-electron chi connectivity index (χ0n) is 11.7. The van der Waals surface area contributed by atoms with Crippen molar-refractivity contribution < 1.29 is 0 Å². The van der Waals surface area contributed by atoms with Gasteiger partial charge in [-0.2, -0.15) is 0 Å². The normalized spacial score (nSPS) is 20.1. The Labute approximate surface area is 124 Å². The second-order valence-corrected chi connectivity index (χ2v) is 6.62. The quantitative estimate of drug-likeness (QED) is 0.938. The summed E-state index contributed by atoms with van der Waals surface area (Å²) in [5.74, 6) is 0. The molecule has 0 radical (unpaired) electrons. The predicted molar refractivity (Wildman–Crippen MR) is 84.7 cm³/mol. The topological polar surface area (TPSA) is 42.1 Å². The number of anilines is 1. The number of nitrogens with zero attached hydrogens (tertiary/aromatic N) is 2. The van der Waals surface area contributed by atoms with E-state index in [1.165, 1.54) is 36.2 Å². The number of nitrogen functional groups attached to an aromatic ring is 1. The van der Waals surface area contributed by atoms with Crippen LogP contribution in [0.15, 0.2) is 36.5 Å². The van der Waals surface area contributed by atoms with Crippen LogP contribution in [0.1, 0.15) is 29.7 Å². The smallest absolute Gasteiger partial charge is 0.180 e. The summed E-state index contributed by atoms with van der Waals surface area (Å²) < 4.78 is 0. The van der Waals surface area contributed by atoms with Crippen LogP contribution >= 0.6 is 11.3 Å². The van der Waals surface area contributed by atoms with Gasteiger partial charge in [-0.1, -0.05) is 36.8 Å². The number of likely N-dealkylation sites (tertiary alicyclic amines) is 1. The van der Waals surface area contributed by atoms with Crippen LogP contribution in [0.3, 0.4) is 0 Å². The molecule has 20 heavy (non-hydrogen) atoms. The van der Waals surface area contributed by atoms with E-state index in [1.807, 2.05) is 6.20 Å². The lowest BCUT2D eigenvalue weighted by molar-refractivity contribution is 0.140. The van der Waals surface area contributed by atoms with Gasteiger partial charge in [0.1, 0.15) is 0 Å². The molecule has 1 aliphatic heterocycles. The minimum atomic E-state index is 0.648. The van der Waals surface area contributed by atoms with Crippen LogP contribution in [0.5, 0.6) is 0 Å². The molecule has 4 heteroatoms. The van der Waals surface area contributed by atoms with Crippen molar-refractivity contribution in [3.63, 3.8) is 0 Å². The Morgan fingerprint density at radius 1 is 1.25 bits per heavy atom. The first kappa shape index (κ1) is 13.6. The highest BCUT2D eigenvalue weighted by molar-refractivity contribution is 7.15. The lowest BCUT2D eigenvalue weighted by atomic mass is 9.95. The first-order chi connectivity index (χ1) is 9.81. The van der Waals surface area contributed by atoms with Crippen LogP contribution in [-0.2, 0) is 13.0 Å². The van der Waals surface area contributed by atoms with Crippen LogP contribution in [0.25, 0.3) is 0 Å². The lowest BCUT2D eigenvalue weighted by Crippen LogP contribution is -2.40. The summed E-state index contributed by atoms with van der Waals surface area (Å²) in [6, 6.07) is 11.5. The molecule has 0 bridgehead atoms. The monoisotopic (exact) mass is 287 g/mol. The van der Waals surface area contributed by atoms with Gasteiger partial charge in [-0.05, 0) is 31.4 Å². The highest BCUT2D eigenvalue weighted by Crippen LogP contribution is 2.25. The Kier molecular flexibility index (Phi) is 4.33. The van der Waals surface area contributed by atoms with Crippen molar-refractivity contribution in [2.45, 2.75) is 38.3 Å². The predicted octanol–water partition coefficient (Wildman–Crippen LogP) is 3.32. The minimum Gasteiger partial charge on any atom is -0.375 e. The zero-order valence-corrected chi connectivity index (χ0v) is 12.5. The van der Waals surface area contributed by atoms with Gasteiger partial charge in [0.2, 0.25) is 0 Å². The maximum atomic E-state index is 5.73. The largest absolute Gasteiger partial charge is 0.375 e. The molecule has 0 amide bonds. The van der Waals surface area contributed by atoms with Gasteiger partial charge >= 0.3 is 0 Å². The maximum Gasteiger partial charge on any atom is 0.180 e. The van der Waals surface area contributed by atoms with Crippen molar-refractivity contribution in [2.75, 3.05) is 12.3 Å². The molecule has 0 spiro atoms. The number of piperidine rings is 1. The van der Waals surface area contributed by atoms with E-state index in [0.717, 1.165) is 13.0 Å². The Bertz CT molecular complexity index is 538. The average Bonchev–Trinajstić information content (AvgIpc) is 2.88. The molecule has 0 saturated carbocycles. The lowest BCUT2D eigenvalue weighted by Gasteiger charge is -2.35. The Morgan fingerprint density at radius 3 is 2.85 bits per heavy atom. The van der Waals surface area contributed by atoms with Crippen molar-refractivity contribution in [3.05, 3.63) is 47.0 Å². The molecule has 1 aromatic heterocycles. The van der Waals surface area contributed by atoms with Crippen molar-refractivity contribution in [3.8, 4) is 0 Å². The summed E-state index contributed by atoms with van der Waals surface area (Å²) in [4.78, 5) is 8.04. The van der Waals surface area contributed by atoms with Gasteiger partial charge in [0, 0.05) is 23.7 Å². The molecule has 0 aliphatic carbocycles. The minimum absolute atomic E-state index is 0.648. The fourth-order valence-corrected chi connectivity index (χ4v) is 3.69. The summed E-state index contributed by atoms with van der Waals surface area (Å²) in [5, 5.41) is 0.677. The van der Waals surface area contributed by atoms with E-state index in [4.69, 9.17) is 5.73 Å². The second-order valence-electron chi connectivity index (χ2n) is 5.47. The van der Waals surface area contributed by atoms with Gasteiger partial charge in [0.25, 0.3) is 0 Å². The van der Waals surface area contributed by atoms with E-state index < -0.39 is 0 Å². The van der Waals surface area contributed by atoms with E-state index in [2.05, 4.69) is 40.2 Å². The van der Waals surface area contributed by atoms with Gasteiger partial charge in [0.05, 0.1) is 0 Å². The van der Waals surface area contributed by atoms with E-state index in [1.54, 1.807) is 11.3 Å². The average molecular weight is 287 g/mol. The number of aromatic nitrogens is 1. The van der Waals surface area contributed by atoms with Crippen molar-refractivity contribution in [1.82, 2.24) is 9.88 Å². The molecule has 1 saturated heterocycles. The summed E-state index contributed by atoms with van der Waals surface area (Å²) in [5.41, 5.74) is 7.17. The van der Waals surface area contributed by atoms with Crippen LogP contribution in [0.2, 0.25) is 0 Å². The van der Waals surface area contributed by atoms with Crippen molar-refractivity contribution >= 4 is 16.5 Å². The van der Waals surface area contributed by atoms with Gasteiger partial charge < -0.3 is 5.73 Å². The molecule has 3 nitrogen and oxygen atoms in total. The molecule has 2 heterocycles. The third kappa shape index (κ3) is 3.38. The number of hydrogen-bond donors (Lipinski definition) is 1. The van der Waals surface area contributed by atoms with Gasteiger partial charge in [-0.3, -0.25) is 4.90 Å². The van der Waals surface area contributed by atoms with Crippen LogP contribution in [0, 0.1) is 0 Å². The van der Waals surface area contributed by atoms with Crippen LogP contribution < -0.4 is 5.73 Å². The van der Waals surface area contributed by atoms with E-state index >= 15 is 0 Å². The molecule has 1 atom stereocenters. The van der Waals surface area contributed by atoms with Crippen LogP contribution in [0.4, 0.5) is 5.13 Å². The van der Waals surface area contributed by atoms with E-state index in [-0.39, 0.29) is 0 Å². The second kappa shape index (κ2) is 6.37. The molecule has 1 fully saturated rings. The standard InChI is InChI=1S/C16H21N3S/c17-16-18-11-15(20-16)12-19-9-5-4-8-14(19)10-13-6-2-1-3-7-13/h1-3,6-7,11,14H,4-5,8-10,12H2,(H2,17,18). The molecule has 3 rings (SSSR count). The summed E-state index contributed by atoms with van der Waals surface area (Å²) in [6.07, 6.45) is 7.02. The fraction of sp³-hybridized carbons (Fsp3) is 0.438. The maximum absolute atomic E-state index is 5.73. The SMILES string of the molecule is Nc1ncc(CN2CCCCC2Cc2ccccc2)s1. The molecule has 1 aromatic carbocycles.